The fourth-order valence-corrected chi connectivity index (χ4v) is 0.575. The van der Waals surface area contributed by atoms with Gasteiger partial charge in [-0.25, -0.2) is 13.6 Å². The number of hydrogen-bond donors (Lipinski definition) is 2. The van der Waals surface area contributed by atoms with E-state index in [1.807, 2.05) is 13.8 Å². The first kappa shape index (κ1) is 13.2. The summed E-state index contributed by atoms with van der Waals surface area (Å²) >= 11 is 0. The topological polar surface area (TPSA) is 77.2 Å². The maximum absolute atomic E-state index is 10.3. The van der Waals surface area contributed by atoms with Crippen LogP contribution in [-0.2, 0) is 15.7 Å². The number of carbonyl (C=O) groups is 1. The average molecular weight is 181 g/mol. The predicted molar refractivity (Wildman–Crippen MR) is 44.6 cm³/mol. The van der Waals surface area contributed by atoms with Gasteiger partial charge in [-0.05, 0) is 12.8 Å². The van der Waals surface area contributed by atoms with Gasteiger partial charge in [0.1, 0.15) is 5.78 Å². The van der Waals surface area contributed by atoms with E-state index >= 15 is 0 Å². The summed E-state index contributed by atoms with van der Waals surface area (Å²) in [6, 6.07) is 0. The molecule has 0 radical (unpaired) electrons. The molecule has 0 aromatic rings. The maximum Gasteiger partial charge on any atom is 0.198 e. The van der Waals surface area contributed by atoms with Gasteiger partial charge in [-0.1, -0.05) is 13.8 Å². The molecule has 0 heterocycles. The van der Waals surface area contributed by atoms with Crippen molar-refractivity contribution >= 4 is 16.7 Å². The summed E-state index contributed by atoms with van der Waals surface area (Å²) in [5, 5.41) is 4.06. The molecule has 0 spiro atoms. The van der Waals surface area contributed by atoms with Gasteiger partial charge >= 0.3 is 0 Å². The lowest BCUT2D eigenvalue weighted by molar-refractivity contribution is -0.117. The molecule has 5 heteroatoms. The van der Waals surface area contributed by atoms with Crippen LogP contribution in [0.1, 0.15) is 27.2 Å². The highest BCUT2D eigenvalue weighted by molar-refractivity contribution is 7.69. The van der Waals surface area contributed by atoms with Crippen LogP contribution in [0.25, 0.3) is 0 Å². The second kappa shape index (κ2) is 7.68. The van der Waals surface area contributed by atoms with Crippen LogP contribution in [0, 0.1) is 5.92 Å². The van der Waals surface area contributed by atoms with Crippen LogP contribution in [0.4, 0.5) is 0 Å². The van der Waals surface area contributed by atoms with Gasteiger partial charge in [0.15, 0.2) is 10.9 Å². The molecule has 0 aromatic carbocycles. The van der Waals surface area contributed by atoms with E-state index < -0.39 is 10.9 Å². The van der Waals surface area contributed by atoms with Crippen LogP contribution in [0.3, 0.4) is 0 Å². The number of hydrogen-bond acceptors (Lipinski definition) is 3. The summed E-state index contributed by atoms with van der Waals surface area (Å²) in [7, 11) is -2.62. The molecule has 0 rings (SSSR count). The second-order valence-electron chi connectivity index (χ2n) is 2.59. The molecule has 0 aliphatic heterocycles. The van der Waals surface area contributed by atoms with Crippen LogP contribution >= 0.6 is 0 Å². The Bertz CT molecular complexity index is 167. The van der Waals surface area contributed by atoms with Crippen molar-refractivity contribution in [3.05, 3.63) is 0 Å². The zero-order valence-corrected chi connectivity index (χ0v) is 7.93. The number of nitrogens with two attached hydrogens (primary N) is 1. The minimum absolute atomic E-state index is 0.287. The molecule has 0 fully saturated rings. The highest BCUT2D eigenvalue weighted by Crippen LogP contribution is 1.97. The summed E-state index contributed by atoms with van der Waals surface area (Å²) < 4.78 is 17.6. The Morgan fingerprint density at radius 2 is 1.73 bits per heavy atom. The molecule has 4 nitrogen and oxygen atoms in total. The van der Waals surface area contributed by atoms with Crippen LogP contribution in [0.5, 0.6) is 0 Å². The third-order valence-electron chi connectivity index (χ3n) is 0.696. The molecule has 0 aromatic heterocycles. The molecule has 11 heavy (non-hydrogen) atoms. The lowest BCUT2D eigenvalue weighted by atomic mass is 10.1. The monoisotopic (exact) mass is 181 g/mol. The van der Waals surface area contributed by atoms with Gasteiger partial charge < -0.3 is 4.79 Å². The Balaban J connectivity index is 0. The molecule has 0 unspecified atom stereocenters. The number of ketones is 1. The fourth-order valence-electron chi connectivity index (χ4n) is 0.575. The Morgan fingerprint density at radius 1 is 1.45 bits per heavy atom. The molecule has 0 amide bonds. The lowest BCUT2D eigenvalue weighted by Crippen LogP contribution is -1.95. The molecule has 0 saturated heterocycles. The summed E-state index contributed by atoms with van der Waals surface area (Å²) in [5.74, 6) is 0.813. The average Bonchev–Trinajstić information content (AvgIpc) is 1.56. The first-order valence-corrected chi connectivity index (χ1v) is 4.49. The van der Waals surface area contributed by atoms with E-state index in [1.165, 1.54) is 0 Å². The largest absolute Gasteiger partial charge is 0.300 e. The quantitative estimate of drug-likeness (QED) is 0.593. The van der Waals surface area contributed by atoms with Crippen molar-refractivity contribution in [1.82, 2.24) is 0 Å². The number of Topliss-reactive ketones (excluding diaryl/α,β-unsaturated/α-hetero) is 1. The Kier molecular flexibility index (Phi) is 9.21. The van der Waals surface area contributed by atoms with E-state index in [1.54, 1.807) is 6.92 Å². The van der Waals surface area contributed by atoms with Gasteiger partial charge in [-0.3, -0.25) is 0 Å². The molecule has 2 N–H and O–H groups in total. The highest BCUT2D eigenvalue weighted by atomic mass is 32.2. The van der Waals surface area contributed by atoms with Crippen LogP contribution in [-0.4, -0.2) is 14.2 Å². The van der Waals surface area contributed by atoms with Crippen LogP contribution < -0.4 is 5.14 Å². The summed E-state index contributed by atoms with van der Waals surface area (Å²) in [5.41, 5.74) is 0. The third kappa shape index (κ3) is 42.9. The first-order valence-electron chi connectivity index (χ1n) is 3.24. The summed E-state index contributed by atoms with van der Waals surface area (Å²) in [4.78, 5) is 10.3. The van der Waals surface area contributed by atoms with E-state index in [-0.39, 0.29) is 5.78 Å². The van der Waals surface area contributed by atoms with E-state index in [0.717, 1.165) is 6.42 Å². The molecule has 0 atom stereocenters. The Hall–Kier alpha value is -0.420. The van der Waals surface area contributed by atoms with Gasteiger partial charge in [0.2, 0.25) is 0 Å². The number of carbonyl (C=O) groups excluding carboxylic acids is 1. The molecule has 0 aliphatic carbocycles. The highest BCUT2D eigenvalue weighted by Gasteiger charge is 1.95. The molecule has 68 valence electrons. The Labute approximate surface area is 68.9 Å². The minimum atomic E-state index is -2.62. The zero-order valence-electron chi connectivity index (χ0n) is 7.03. The van der Waals surface area contributed by atoms with E-state index in [2.05, 4.69) is 5.14 Å². The summed E-state index contributed by atoms with van der Waals surface area (Å²) in [6.07, 6.45) is 0.722. The molecule has 0 bridgehead atoms. The van der Waals surface area contributed by atoms with Gasteiger partial charge in [-0.2, -0.15) is 0 Å². The van der Waals surface area contributed by atoms with Crippen molar-refractivity contribution in [3.63, 3.8) is 0 Å². The van der Waals surface area contributed by atoms with Gasteiger partial charge in [0.25, 0.3) is 0 Å². The zero-order chi connectivity index (χ0) is 9.44. The standard InChI is InChI=1S/C6H12O.H3NO2S/c1-5(2)4-6(3)7;1-4(2)3/h5H,4H2,1-3H3;4H,(H2,1,2,3). The summed E-state index contributed by atoms with van der Waals surface area (Å²) in [6.45, 7) is 5.71. The molecule has 0 aliphatic rings. The van der Waals surface area contributed by atoms with Crippen molar-refractivity contribution in [1.29, 1.82) is 0 Å². The van der Waals surface area contributed by atoms with E-state index in [4.69, 9.17) is 8.42 Å². The first-order chi connectivity index (χ1) is 4.86. The van der Waals surface area contributed by atoms with Crippen LogP contribution in [0.15, 0.2) is 0 Å². The molecule has 0 saturated carbocycles. The van der Waals surface area contributed by atoms with Crippen molar-refractivity contribution in [2.45, 2.75) is 27.2 Å². The van der Waals surface area contributed by atoms with E-state index in [9.17, 15) is 4.79 Å². The molecular weight excluding hydrogens is 166 g/mol. The van der Waals surface area contributed by atoms with Crippen molar-refractivity contribution in [2.75, 3.05) is 0 Å². The smallest absolute Gasteiger partial charge is 0.198 e. The van der Waals surface area contributed by atoms with Crippen molar-refractivity contribution in [3.8, 4) is 0 Å². The lowest BCUT2D eigenvalue weighted by Gasteiger charge is -1.95. The molecular formula is C6H15NO3S. The normalized spacial score (nSPS) is 9.27. The van der Waals surface area contributed by atoms with Gasteiger partial charge in [0.05, 0.1) is 0 Å². The predicted octanol–water partition coefficient (Wildman–Crippen LogP) is 0.0930. The van der Waals surface area contributed by atoms with Crippen molar-refractivity contribution in [2.24, 2.45) is 11.1 Å². The SMILES string of the molecule is CC(=O)CC(C)C.N[SH](=O)=O. The fraction of sp³-hybridized carbons (Fsp3) is 0.833. The van der Waals surface area contributed by atoms with E-state index in [0.29, 0.717) is 5.92 Å². The Morgan fingerprint density at radius 3 is 1.73 bits per heavy atom. The minimum Gasteiger partial charge on any atom is -0.300 e. The van der Waals surface area contributed by atoms with Gasteiger partial charge in [-0.15, -0.1) is 0 Å². The van der Waals surface area contributed by atoms with Gasteiger partial charge in [0, 0.05) is 6.42 Å². The second-order valence-corrected chi connectivity index (χ2v) is 3.16. The number of thiol groups is 1. The van der Waals surface area contributed by atoms with Crippen LogP contribution in [0.2, 0.25) is 0 Å². The number of rotatable bonds is 2. The maximum atomic E-state index is 10.3. The third-order valence-corrected chi connectivity index (χ3v) is 0.696. The van der Waals surface area contributed by atoms with Crippen molar-refractivity contribution < 1.29 is 13.2 Å².